The van der Waals surface area contributed by atoms with Crippen molar-refractivity contribution in [1.82, 2.24) is 15.6 Å². The van der Waals surface area contributed by atoms with Gasteiger partial charge in [0.1, 0.15) is 6.10 Å². The van der Waals surface area contributed by atoms with E-state index in [9.17, 15) is 18.0 Å². The summed E-state index contributed by atoms with van der Waals surface area (Å²) in [6, 6.07) is 7.39. The maximum Gasteiger partial charge on any atom is 0.416 e. The van der Waals surface area contributed by atoms with Gasteiger partial charge in [-0.2, -0.15) is 13.2 Å². The average molecular weight is 407 g/mol. The molecule has 1 heterocycles. The smallest absolute Gasteiger partial charge is 0.416 e. The monoisotopic (exact) mass is 407 g/mol. The molecule has 1 aromatic heterocycles. The fourth-order valence-electron chi connectivity index (χ4n) is 3.46. The second-order valence-electron chi connectivity index (χ2n) is 7.13. The Hall–Kier alpha value is -2.77. The van der Waals surface area contributed by atoms with Crippen LogP contribution >= 0.6 is 0 Å². The number of nitrogens with zero attached hydrogens (tertiary/aromatic N) is 1. The number of aromatic nitrogens is 1. The molecule has 0 radical (unpaired) electrons. The summed E-state index contributed by atoms with van der Waals surface area (Å²) in [5.74, 6) is 0.482. The lowest BCUT2D eigenvalue weighted by atomic mass is 10.0. The van der Waals surface area contributed by atoms with Crippen molar-refractivity contribution in [2.45, 2.75) is 57.5 Å². The first-order valence-corrected chi connectivity index (χ1v) is 9.65. The molecule has 1 fully saturated rings. The van der Waals surface area contributed by atoms with E-state index in [1.807, 2.05) is 0 Å². The summed E-state index contributed by atoms with van der Waals surface area (Å²) in [4.78, 5) is 16.5. The summed E-state index contributed by atoms with van der Waals surface area (Å²) >= 11 is 0. The number of pyridine rings is 1. The van der Waals surface area contributed by atoms with Crippen molar-refractivity contribution in [3.05, 3.63) is 59.3 Å². The molecule has 0 bridgehead atoms. The lowest BCUT2D eigenvalue weighted by Gasteiger charge is -2.20. The Morgan fingerprint density at radius 2 is 1.93 bits per heavy atom. The molecule has 29 heavy (non-hydrogen) atoms. The molecule has 5 nitrogen and oxygen atoms in total. The number of carbonyl (C=O) groups excluding carboxylic acids is 1. The molecule has 1 aliphatic carbocycles. The Morgan fingerprint density at radius 1 is 1.21 bits per heavy atom. The quantitative estimate of drug-likeness (QED) is 0.710. The first-order chi connectivity index (χ1) is 13.8. The largest absolute Gasteiger partial charge is 0.474 e. The highest BCUT2D eigenvalue weighted by molar-refractivity contribution is 5.74. The molecule has 1 atom stereocenters. The summed E-state index contributed by atoms with van der Waals surface area (Å²) in [5.41, 5.74) is -0.0213. The highest BCUT2D eigenvalue weighted by Crippen LogP contribution is 2.34. The van der Waals surface area contributed by atoms with E-state index < -0.39 is 23.8 Å². The molecule has 1 aliphatic rings. The molecule has 0 aliphatic heterocycles. The molecule has 3 rings (SSSR count). The van der Waals surface area contributed by atoms with Gasteiger partial charge in [-0.05, 0) is 50.3 Å². The molecule has 1 aromatic carbocycles. The molecule has 0 spiro atoms. The number of benzene rings is 1. The van der Waals surface area contributed by atoms with Gasteiger partial charge in [-0.3, -0.25) is 0 Å². The maximum absolute atomic E-state index is 13.2. The minimum absolute atomic E-state index is 0.0155. The third-order valence-corrected chi connectivity index (χ3v) is 4.95. The molecule has 2 aromatic rings. The van der Waals surface area contributed by atoms with E-state index in [0.717, 1.165) is 37.3 Å². The van der Waals surface area contributed by atoms with E-state index in [0.29, 0.717) is 5.88 Å². The molecule has 2 N–H and O–H groups in total. The Balaban J connectivity index is 1.60. The van der Waals surface area contributed by atoms with Crippen LogP contribution in [0, 0.1) is 0 Å². The summed E-state index contributed by atoms with van der Waals surface area (Å²) in [6.07, 6.45) is 1.52. The number of urea groups is 1. The average Bonchev–Trinajstić information content (AvgIpc) is 3.20. The summed E-state index contributed by atoms with van der Waals surface area (Å²) in [5, 5.41) is 5.23. The normalized spacial score (nSPS) is 15.7. The van der Waals surface area contributed by atoms with Crippen molar-refractivity contribution in [2.75, 3.05) is 0 Å². The minimum atomic E-state index is -4.48. The molecular formula is C21H24F3N3O2. The number of ether oxygens (including phenoxy) is 1. The third-order valence-electron chi connectivity index (χ3n) is 4.95. The van der Waals surface area contributed by atoms with Crippen LogP contribution in [-0.2, 0) is 12.7 Å². The van der Waals surface area contributed by atoms with Crippen molar-refractivity contribution in [3.63, 3.8) is 0 Å². The summed E-state index contributed by atoms with van der Waals surface area (Å²) < 4.78 is 45.5. The van der Waals surface area contributed by atoms with Crippen molar-refractivity contribution < 1.29 is 22.7 Å². The molecule has 1 saturated carbocycles. The molecular weight excluding hydrogens is 383 g/mol. The number of carbonyl (C=O) groups is 1. The van der Waals surface area contributed by atoms with Gasteiger partial charge in [0.25, 0.3) is 0 Å². The van der Waals surface area contributed by atoms with Gasteiger partial charge < -0.3 is 15.4 Å². The number of hydrogen-bond donors (Lipinski definition) is 2. The topological polar surface area (TPSA) is 63.2 Å². The van der Waals surface area contributed by atoms with E-state index in [1.165, 1.54) is 25.1 Å². The second kappa shape index (κ2) is 9.15. The fourth-order valence-corrected chi connectivity index (χ4v) is 3.46. The van der Waals surface area contributed by atoms with Gasteiger partial charge in [-0.25, -0.2) is 9.78 Å². The fraction of sp³-hybridized carbons (Fsp3) is 0.429. The van der Waals surface area contributed by atoms with Crippen LogP contribution in [0.3, 0.4) is 0 Å². The van der Waals surface area contributed by atoms with Crippen LogP contribution in [0.4, 0.5) is 18.0 Å². The first-order valence-electron chi connectivity index (χ1n) is 9.65. The molecule has 1 unspecified atom stereocenters. The van der Waals surface area contributed by atoms with Crippen molar-refractivity contribution in [1.29, 1.82) is 0 Å². The van der Waals surface area contributed by atoms with Gasteiger partial charge in [0.15, 0.2) is 0 Å². The van der Waals surface area contributed by atoms with Gasteiger partial charge in [-0.15, -0.1) is 0 Å². The van der Waals surface area contributed by atoms with Gasteiger partial charge in [0.2, 0.25) is 5.88 Å². The third kappa shape index (κ3) is 5.62. The highest BCUT2D eigenvalue weighted by atomic mass is 19.4. The summed E-state index contributed by atoms with van der Waals surface area (Å²) in [6.45, 7) is 1.68. The number of hydrogen-bond acceptors (Lipinski definition) is 3. The van der Waals surface area contributed by atoms with Crippen LogP contribution < -0.4 is 15.4 Å². The zero-order valence-electron chi connectivity index (χ0n) is 16.1. The zero-order valence-corrected chi connectivity index (χ0v) is 16.1. The van der Waals surface area contributed by atoms with Crippen molar-refractivity contribution >= 4 is 6.03 Å². The predicted molar refractivity (Wildman–Crippen MR) is 102 cm³/mol. The van der Waals surface area contributed by atoms with E-state index in [2.05, 4.69) is 15.6 Å². The number of nitrogens with one attached hydrogen (secondary N) is 2. The number of halogens is 3. The number of alkyl halides is 3. The zero-order chi connectivity index (χ0) is 20.9. The molecule has 156 valence electrons. The van der Waals surface area contributed by atoms with Crippen molar-refractivity contribution in [3.8, 4) is 5.88 Å². The Labute approximate surface area is 167 Å². The number of rotatable bonds is 6. The molecule has 0 saturated heterocycles. The van der Waals surface area contributed by atoms with Crippen LogP contribution in [0.2, 0.25) is 0 Å². The van der Waals surface area contributed by atoms with Crippen LogP contribution in [0.25, 0.3) is 0 Å². The van der Waals surface area contributed by atoms with Crippen molar-refractivity contribution in [2.24, 2.45) is 0 Å². The highest BCUT2D eigenvalue weighted by Gasteiger charge is 2.34. The number of amides is 2. The second-order valence-corrected chi connectivity index (χ2v) is 7.13. The molecule has 2 amide bonds. The Morgan fingerprint density at radius 3 is 2.66 bits per heavy atom. The van der Waals surface area contributed by atoms with Crippen LogP contribution in [0.1, 0.15) is 55.3 Å². The SMILES string of the molecule is CC(NC(=O)NCc1cccnc1OC1CCCC1)c1ccccc1C(F)(F)F. The van der Waals surface area contributed by atoms with Crippen LogP contribution in [0.15, 0.2) is 42.6 Å². The lowest BCUT2D eigenvalue weighted by Crippen LogP contribution is -2.37. The minimum Gasteiger partial charge on any atom is -0.474 e. The summed E-state index contributed by atoms with van der Waals surface area (Å²) in [7, 11) is 0. The first kappa shape index (κ1) is 21.0. The van der Waals surface area contributed by atoms with Gasteiger partial charge in [-0.1, -0.05) is 24.3 Å². The predicted octanol–water partition coefficient (Wildman–Crippen LogP) is 4.98. The maximum atomic E-state index is 13.2. The van der Waals surface area contributed by atoms with Crippen LogP contribution in [-0.4, -0.2) is 17.1 Å². The van der Waals surface area contributed by atoms with Gasteiger partial charge >= 0.3 is 12.2 Å². The standard InChI is InChI=1S/C21H24F3N3O2/c1-14(17-10-4-5-11-18(17)21(22,23)24)27-20(28)26-13-15-7-6-12-25-19(15)29-16-8-2-3-9-16/h4-7,10-12,14,16H,2-3,8-9,13H2,1H3,(H2,26,27,28). The van der Waals surface area contributed by atoms with E-state index in [-0.39, 0.29) is 18.2 Å². The van der Waals surface area contributed by atoms with Crippen LogP contribution in [0.5, 0.6) is 5.88 Å². The van der Waals surface area contributed by atoms with E-state index in [1.54, 1.807) is 18.3 Å². The Bertz CT molecular complexity index is 836. The van der Waals surface area contributed by atoms with Gasteiger partial charge in [0, 0.05) is 18.3 Å². The Kier molecular flexibility index (Phi) is 6.61. The van der Waals surface area contributed by atoms with Gasteiger partial charge in [0.05, 0.1) is 11.6 Å². The van der Waals surface area contributed by atoms with E-state index >= 15 is 0 Å². The lowest BCUT2D eigenvalue weighted by molar-refractivity contribution is -0.138. The molecule has 8 heteroatoms. The van der Waals surface area contributed by atoms with E-state index in [4.69, 9.17) is 4.74 Å².